The van der Waals surface area contributed by atoms with Crippen LogP contribution in [0.4, 0.5) is 5.69 Å². The predicted molar refractivity (Wildman–Crippen MR) is 81.0 cm³/mol. The van der Waals surface area contributed by atoms with E-state index >= 15 is 0 Å². The van der Waals surface area contributed by atoms with E-state index in [0.29, 0.717) is 0 Å². The summed E-state index contributed by atoms with van der Waals surface area (Å²) in [7, 11) is 0. The van der Waals surface area contributed by atoms with Gasteiger partial charge in [-0.15, -0.1) is 0 Å². The summed E-state index contributed by atoms with van der Waals surface area (Å²) in [5.41, 5.74) is 1.06. The van der Waals surface area contributed by atoms with E-state index in [4.69, 9.17) is 0 Å². The molecule has 2 heterocycles. The second-order valence-electron chi connectivity index (χ2n) is 5.54. The van der Waals surface area contributed by atoms with Crippen molar-refractivity contribution < 1.29 is 0 Å². The molecule has 0 atom stereocenters. The van der Waals surface area contributed by atoms with Gasteiger partial charge in [0.05, 0.1) is 5.69 Å². The second kappa shape index (κ2) is 6.55. The van der Waals surface area contributed by atoms with Crippen molar-refractivity contribution in [2.24, 2.45) is 5.92 Å². The van der Waals surface area contributed by atoms with Crippen LogP contribution in [-0.4, -0.2) is 21.3 Å². The number of hydrogen-bond acceptors (Lipinski definition) is 3. The molecule has 1 aliphatic rings. The largest absolute Gasteiger partial charge is 0.382 e. The third kappa shape index (κ3) is 3.18. The Morgan fingerprint density at radius 2 is 2.05 bits per heavy atom. The monoisotopic (exact) mass is 270 g/mol. The molecule has 2 aromatic heterocycles. The van der Waals surface area contributed by atoms with Gasteiger partial charge in [0, 0.05) is 25.1 Å². The highest BCUT2D eigenvalue weighted by atomic mass is 15.3. The molecule has 4 heteroatoms. The van der Waals surface area contributed by atoms with Gasteiger partial charge < -0.3 is 5.32 Å². The molecule has 1 fully saturated rings. The van der Waals surface area contributed by atoms with E-state index < -0.39 is 0 Å². The molecule has 1 aliphatic carbocycles. The van der Waals surface area contributed by atoms with Crippen LogP contribution in [0.15, 0.2) is 36.8 Å². The Bertz CT molecular complexity index is 515. The normalized spacial score (nSPS) is 16.2. The molecular formula is C16H22N4. The van der Waals surface area contributed by atoms with Gasteiger partial charge in [-0.25, -0.2) is 9.67 Å². The van der Waals surface area contributed by atoms with Crippen molar-refractivity contribution in [1.82, 2.24) is 14.8 Å². The maximum absolute atomic E-state index is 4.42. The fraction of sp³-hybridized carbons (Fsp3) is 0.500. The highest BCUT2D eigenvalue weighted by Gasteiger charge is 2.13. The molecule has 20 heavy (non-hydrogen) atoms. The summed E-state index contributed by atoms with van der Waals surface area (Å²) in [6.07, 6.45) is 13.8. The Kier molecular flexibility index (Phi) is 4.31. The van der Waals surface area contributed by atoms with Crippen molar-refractivity contribution >= 4 is 5.69 Å². The van der Waals surface area contributed by atoms with Crippen molar-refractivity contribution in [2.75, 3.05) is 11.9 Å². The van der Waals surface area contributed by atoms with Crippen LogP contribution in [0.5, 0.6) is 0 Å². The average molecular weight is 270 g/mol. The zero-order valence-electron chi connectivity index (χ0n) is 11.8. The average Bonchev–Trinajstić information content (AvgIpc) is 3.03. The number of nitrogens with one attached hydrogen (secondary N) is 1. The summed E-state index contributed by atoms with van der Waals surface area (Å²) in [5.74, 6) is 1.78. The maximum Gasteiger partial charge on any atom is 0.176 e. The van der Waals surface area contributed by atoms with E-state index in [0.717, 1.165) is 24.0 Å². The lowest BCUT2D eigenvalue weighted by atomic mass is 9.87. The van der Waals surface area contributed by atoms with Crippen molar-refractivity contribution in [2.45, 2.75) is 38.5 Å². The first kappa shape index (κ1) is 13.2. The predicted octanol–water partition coefficient (Wildman–Crippen LogP) is 3.65. The molecule has 106 valence electrons. The number of anilines is 1. The molecule has 0 unspecified atom stereocenters. The minimum absolute atomic E-state index is 0.876. The number of hydrogen-bond donors (Lipinski definition) is 1. The first-order chi connectivity index (χ1) is 9.93. The third-order valence-corrected chi connectivity index (χ3v) is 4.10. The van der Waals surface area contributed by atoms with Gasteiger partial charge in [-0.2, -0.15) is 5.10 Å². The fourth-order valence-electron chi connectivity index (χ4n) is 3.00. The lowest BCUT2D eigenvalue weighted by Gasteiger charge is -2.21. The van der Waals surface area contributed by atoms with Crippen LogP contribution < -0.4 is 5.32 Å². The molecule has 0 aliphatic heterocycles. The van der Waals surface area contributed by atoms with E-state index in [-0.39, 0.29) is 0 Å². The SMILES string of the molecule is c1cnc(-n2cccn2)c(NCCC2CCCCC2)c1. The lowest BCUT2D eigenvalue weighted by molar-refractivity contribution is 0.345. The summed E-state index contributed by atoms with van der Waals surface area (Å²) in [4.78, 5) is 4.42. The molecular weight excluding hydrogens is 248 g/mol. The van der Waals surface area contributed by atoms with Crippen molar-refractivity contribution in [3.8, 4) is 5.82 Å². The van der Waals surface area contributed by atoms with Crippen LogP contribution in [-0.2, 0) is 0 Å². The van der Waals surface area contributed by atoms with Crippen molar-refractivity contribution in [3.05, 3.63) is 36.8 Å². The Balaban J connectivity index is 1.60. The Hall–Kier alpha value is -1.84. The van der Waals surface area contributed by atoms with Gasteiger partial charge >= 0.3 is 0 Å². The van der Waals surface area contributed by atoms with Crippen LogP contribution in [0.1, 0.15) is 38.5 Å². The van der Waals surface area contributed by atoms with E-state index in [1.807, 2.05) is 29.2 Å². The first-order valence-electron chi connectivity index (χ1n) is 7.62. The van der Waals surface area contributed by atoms with Crippen molar-refractivity contribution in [1.29, 1.82) is 0 Å². The van der Waals surface area contributed by atoms with Gasteiger partial charge in [-0.05, 0) is 30.5 Å². The Morgan fingerprint density at radius 3 is 2.85 bits per heavy atom. The minimum Gasteiger partial charge on any atom is -0.382 e. The zero-order valence-corrected chi connectivity index (χ0v) is 11.8. The molecule has 0 radical (unpaired) electrons. The highest BCUT2D eigenvalue weighted by Crippen LogP contribution is 2.26. The summed E-state index contributed by atoms with van der Waals surface area (Å²) >= 11 is 0. The molecule has 0 aromatic carbocycles. The maximum atomic E-state index is 4.42. The van der Waals surface area contributed by atoms with E-state index in [2.05, 4.69) is 21.5 Å². The van der Waals surface area contributed by atoms with Gasteiger partial charge in [0.25, 0.3) is 0 Å². The van der Waals surface area contributed by atoms with Crippen LogP contribution in [0.2, 0.25) is 0 Å². The third-order valence-electron chi connectivity index (χ3n) is 4.10. The van der Waals surface area contributed by atoms with Gasteiger partial charge in [0.2, 0.25) is 0 Å². The van der Waals surface area contributed by atoms with Gasteiger partial charge in [-0.1, -0.05) is 32.1 Å². The number of nitrogens with zero attached hydrogens (tertiary/aromatic N) is 3. The van der Waals surface area contributed by atoms with Crippen LogP contribution in [0.25, 0.3) is 5.82 Å². The number of pyridine rings is 1. The van der Waals surface area contributed by atoms with Gasteiger partial charge in [0.15, 0.2) is 5.82 Å². The van der Waals surface area contributed by atoms with Crippen molar-refractivity contribution in [3.63, 3.8) is 0 Å². The number of rotatable bonds is 5. The second-order valence-corrected chi connectivity index (χ2v) is 5.54. The minimum atomic E-state index is 0.876. The fourth-order valence-corrected chi connectivity index (χ4v) is 3.00. The number of aromatic nitrogens is 3. The summed E-state index contributed by atoms with van der Waals surface area (Å²) in [6.45, 7) is 1.02. The van der Waals surface area contributed by atoms with Crippen LogP contribution in [0.3, 0.4) is 0 Å². The van der Waals surface area contributed by atoms with Crippen LogP contribution >= 0.6 is 0 Å². The summed E-state index contributed by atoms with van der Waals surface area (Å²) < 4.78 is 1.81. The quantitative estimate of drug-likeness (QED) is 0.901. The lowest BCUT2D eigenvalue weighted by Crippen LogP contribution is -2.13. The van der Waals surface area contributed by atoms with Gasteiger partial charge in [-0.3, -0.25) is 0 Å². The van der Waals surface area contributed by atoms with E-state index in [1.165, 1.54) is 38.5 Å². The zero-order chi connectivity index (χ0) is 13.6. The van der Waals surface area contributed by atoms with E-state index in [1.54, 1.807) is 6.20 Å². The molecule has 3 rings (SSSR count). The molecule has 0 saturated heterocycles. The van der Waals surface area contributed by atoms with E-state index in [9.17, 15) is 0 Å². The molecule has 0 spiro atoms. The Morgan fingerprint density at radius 1 is 1.15 bits per heavy atom. The van der Waals surface area contributed by atoms with Gasteiger partial charge in [0.1, 0.15) is 0 Å². The standard InChI is InChI=1S/C16H22N4/c1-2-6-14(7-3-1)9-12-17-15-8-4-10-18-16(15)20-13-5-11-19-20/h4-5,8,10-11,13-14,17H,1-3,6-7,9,12H2. The molecule has 1 N–H and O–H groups in total. The molecule has 0 bridgehead atoms. The first-order valence-corrected chi connectivity index (χ1v) is 7.62. The Labute approximate surface area is 120 Å². The topological polar surface area (TPSA) is 42.7 Å². The molecule has 0 amide bonds. The van der Waals surface area contributed by atoms with Crippen LogP contribution in [0, 0.1) is 5.92 Å². The summed E-state index contributed by atoms with van der Waals surface area (Å²) in [6, 6.07) is 5.96. The summed E-state index contributed by atoms with van der Waals surface area (Å²) in [5, 5.41) is 7.78. The molecule has 4 nitrogen and oxygen atoms in total. The smallest absolute Gasteiger partial charge is 0.176 e. The highest BCUT2D eigenvalue weighted by molar-refractivity contribution is 5.56. The molecule has 2 aromatic rings. The molecule has 1 saturated carbocycles.